The number of anilines is 2. The highest BCUT2D eigenvalue weighted by molar-refractivity contribution is 5.74. The minimum Gasteiger partial charge on any atom is -0.396 e. The Kier molecular flexibility index (Phi) is 4.90. The number of imidazole rings is 1. The van der Waals surface area contributed by atoms with E-state index in [0.717, 1.165) is 31.0 Å². The summed E-state index contributed by atoms with van der Waals surface area (Å²) >= 11 is 0. The van der Waals surface area contributed by atoms with Crippen LogP contribution in [0.5, 0.6) is 0 Å². The monoisotopic (exact) mass is 424 g/mol. The number of nitrogens with zero attached hydrogens (tertiary/aromatic N) is 5. The first-order chi connectivity index (χ1) is 15.0. The van der Waals surface area contributed by atoms with E-state index in [1.165, 1.54) is 6.07 Å². The van der Waals surface area contributed by atoms with E-state index in [-0.39, 0.29) is 12.2 Å². The van der Waals surface area contributed by atoms with E-state index in [1.54, 1.807) is 36.1 Å². The van der Waals surface area contributed by atoms with Crippen LogP contribution in [0.15, 0.2) is 43.1 Å². The van der Waals surface area contributed by atoms with Gasteiger partial charge in [-0.15, -0.1) is 0 Å². The quantitative estimate of drug-likeness (QED) is 0.484. The topological polar surface area (TPSA) is 80.3 Å². The molecule has 0 amide bonds. The molecule has 160 valence electrons. The van der Waals surface area contributed by atoms with Crippen LogP contribution in [0, 0.1) is 24.5 Å². The van der Waals surface area contributed by atoms with Gasteiger partial charge in [-0.25, -0.2) is 18.7 Å². The van der Waals surface area contributed by atoms with Crippen molar-refractivity contribution in [3.05, 3.63) is 60.3 Å². The summed E-state index contributed by atoms with van der Waals surface area (Å²) < 4.78 is 31.8. The molecule has 31 heavy (non-hydrogen) atoms. The fourth-order valence-corrected chi connectivity index (χ4v) is 4.13. The number of aliphatic hydroxyl groups excluding tert-OH is 1. The predicted molar refractivity (Wildman–Crippen MR) is 112 cm³/mol. The standard InChI is InChI=1S/C22H22F2N6O/c1-13-6-17(19(24)9-18(13)23)20-11-26-21(22-25-3-4-29(20)22)28-15-10-27-30(12-15)16-7-14(8-16)2-5-31/h3-4,6,9-12,14,16,31H,2,5,7-8H2,1H3,(H,26,28)/t14-,16-. The van der Waals surface area contributed by atoms with Crippen molar-refractivity contribution < 1.29 is 13.9 Å². The van der Waals surface area contributed by atoms with Gasteiger partial charge in [-0.05, 0) is 43.7 Å². The molecule has 0 radical (unpaired) electrons. The number of aryl methyl sites for hydroxylation is 1. The number of halogens is 2. The molecular weight excluding hydrogens is 402 g/mol. The molecule has 0 saturated heterocycles. The van der Waals surface area contributed by atoms with Crippen LogP contribution in [0.25, 0.3) is 16.9 Å². The van der Waals surface area contributed by atoms with E-state index >= 15 is 0 Å². The Morgan fingerprint density at radius 3 is 2.81 bits per heavy atom. The minimum absolute atomic E-state index is 0.229. The first-order valence-electron chi connectivity index (χ1n) is 10.2. The molecule has 0 unspecified atom stereocenters. The zero-order chi connectivity index (χ0) is 21.5. The highest BCUT2D eigenvalue weighted by Crippen LogP contribution is 2.39. The molecule has 9 heteroatoms. The number of aromatic nitrogens is 5. The predicted octanol–water partition coefficient (Wildman–Crippen LogP) is 4.26. The van der Waals surface area contributed by atoms with Crippen molar-refractivity contribution in [2.24, 2.45) is 5.92 Å². The molecule has 0 bridgehead atoms. The fraction of sp³-hybridized carbons (Fsp3) is 0.318. The first-order valence-corrected chi connectivity index (χ1v) is 10.2. The zero-order valence-electron chi connectivity index (χ0n) is 17.0. The summed E-state index contributed by atoms with van der Waals surface area (Å²) in [5.74, 6) is -0.161. The van der Waals surface area contributed by atoms with E-state index < -0.39 is 11.6 Å². The van der Waals surface area contributed by atoms with Crippen LogP contribution in [0.4, 0.5) is 20.3 Å². The van der Waals surface area contributed by atoms with E-state index in [4.69, 9.17) is 5.11 Å². The lowest BCUT2D eigenvalue weighted by molar-refractivity contribution is 0.142. The van der Waals surface area contributed by atoms with Crippen LogP contribution >= 0.6 is 0 Å². The molecule has 7 nitrogen and oxygen atoms in total. The summed E-state index contributed by atoms with van der Waals surface area (Å²) in [7, 11) is 0. The average molecular weight is 424 g/mol. The highest BCUT2D eigenvalue weighted by atomic mass is 19.1. The molecule has 0 aliphatic heterocycles. The lowest BCUT2D eigenvalue weighted by atomic mass is 9.78. The van der Waals surface area contributed by atoms with Crippen molar-refractivity contribution in [1.82, 2.24) is 24.1 Å². The Morgan fingerprint density at radius 1 is 1.16 bits per heavy atom. The number of benzene rings is 1. The molecule has 1 saturated carbocycles. The van der Waals surface area contributed by atoms with Crippen LogP contribution in [-0.2, 0) is 0 Å². The number of rotatable bonds is 6. The van der Waals surface area contributed by atoms with Crippen molar-refractivity contribution in [2.45, 2.75) is 32.2 Å². The number of fused-ring (bicyclic) bond motifs is 1. The largest absolute Gasteiger partial charge is 0.396 e. The molecule has 0 spiro atoms. The maximum atomic E-state index is 14.4. The van der Waals surface area contributed by atoms with Gasteiger partial charge in [0.25, 0.3) is 0 Å². The van der Waals surface area contributed by atoms with Gasteiger partial charge in [0.15, 0.2) is 11.5 Å². The van der Waals surface area contributed by atoms with Gasteiger partial charge in [0.2, 0.25) is 0 Å². The summed E-state index contributed by atoms with van der Waals surface area (Å²) in [6.45, 7) is 1.82. The van der Waals surface area contributed by atoms with Gasteiger partial charge >= 0.3 is 0 Å². The van der Waals surface area contributed by atoms with Crippen molar-refractivity contribution in [3.8, 4) is 11.3 Å². The average Bonchev–Trinajstić information content (AvgIpc) is 3.38. The number of hydrogen-bond donors (Lipinski definition) is 2. The van der Waals surface area contributed by atoms with Crippen LogP contribution in [0.3, 0.4) is 0 Å². The summed E-state index contributed by atoms with van der Waals surface area (Å²) in [6, 6.07) is 2.71. The Morgan fingerprint density at radius 2 is 2.00 bits per heavy atom. The van der Waals surface area contributed by atoms with Crippen LogP contribution in [0.1, 0.15) is 30.9 Å². The second-order valence-electron chi connectivity index (χ2n) is 8.03. The normalized spacial score (nSPS) is 18.3. The van der Waals surface area contributed by atoms with Crippen molar-refractivity contribution in [1.29, 1.82) is 0 Å². The second kappa shape index (κ2) is 7.73. The molecule has 1 fully saturated rings. The highest BCUT2D eigenvalue weighted by Gasteiger charge is 2.30. The number of hydrogen-bond acceptors (Lipinski definition) is 5. The zero-order valence-corrected chi connectivity index (χ0v) is 17.0. The van der Waals surface area contributed by atoms with Gasteiger partial charge in [-0.3, -0.25) is 9.08 Å². The van der Waals surface area contributed by atoms with Gasteiger partial charge in [0, 0.05) is 36.8 Å². The maximum Gasteiger partial charge on any atom is 0.180 e. The minimum atomic E-state index is -0.651. The van der Waals surface area contributed by atoms with Gasteiger partial charge in [-0.1, -0.05) is 0 Å². The number of aliphatic hydroxyl groups is 1. The molecule has 1 aliphatic rings. The summed E-state index contributed by atoms with van der Waals surface area (Å²) in [5, 5.41) is 16.7. The lowest BCUT2D eigenvalue weighted by Gasteiger charge is -2.35. The third-order valence-electron chi connectivity index (χ3n) is 5.94. The molecule has 1 aromatic carbocycles. The van der Waals surface area contributed by atoms with Crippen LogP contribution in [0.2, 0.25) is 0 Å². The summed E-state index contributed by atoms with van der Waals surface area (Å²) in [4.78, 5) is 8.81. The first kappa shape index (κ1) is 19.6. The lowest BCUT2D eigenvalue weighted by Crippen LogP contribution is -2.27. The molecule has 4 aromatic rings. The van der Waals surface area contributed by atoms with E-state index in [9.17, 15) is 8.78 Å². The molecular formula is C22H22F2N6O. The second-order valence-corrected chi connectivity index (χ2v) is 8.03. The SMILES string of the molecule is Cc1cc(-c2cnc(Nc3cnn([C@H]4C[C@H](CCO)C4)c3)c3nccn23)c(F)cc1F. The number of nitrogens with one attached hydrogen (secondary N) is 1. The van der Waals surface area contributed by atoms with Gasteiger partial charge < -0.3 is 10.4 Å². The van der Waals surface area contributed by atoms with Crippen molar-refractivity contribution >= 4 is 17.2 Å². The Hall–Kier alpha value is -3.33. The molecule has 3 heterocycles. The smallest absolute Gasteiger partial charge is 0.180 e. The Labute approximate surface area is 177 Å². The Bertz CT molecular complexity index is 1240. The van der Waals surface area contributed by atoms with E-state index in [1.807, 2.05) is 10.9 Å². The van der Waals surface area contributed by atoms with E-state index in [2.05, 4.69) is 20.4 Å². The molecule has 3 aromatic heterocycles. The summed E-state index contributed by atoms with van der Waals surface area (Å²) in [5.41, 5.74) is 2.41. The van der Waals surface area contributed by atoms with Crippen LogP contribution in [-0.4, -0.2) is 35.9 Å². The third-order valence-corrected chi connectivity index (χ3v) is 5.94. The maximum absolute atomic E-state index is 14.4. The molecule has 2 N–H and O–H groups in total. The van der Waals surface area contributed by atoms with Crippen LogP contribution < -0.4 is 5.32 Å². The van der Waals surface area contributed by atoms with Gasteiger partial charge in [0.1, 0.15) is 11.6 Å². The van der Waals surface area contributed by atoms with Crippen molar-refractivity contribution in [2.75, 3.05) is 11.9 Å². The molecule has 5 rings (SSSR count). The van der Waals surface area contributed by atoms with E-state index in [0.29, 0.717) is 34.7 Å². The Balaban J connectivity index is 1.41. The molecule has 0 atom stereocenters. The molecule has 1 aliphatic carbocycles. The van der Waals surface area contributed by atoms with Crippen molar-refractivity contribution in [3.63, 3.8) is 0 Å². The van der Waals surface area contributed by atoms with Gasteiger partial charge in [0.05, 0.1) is 29.8 Å². The summed E-state index contributed by atoms with van der Waals surface area (Å²) in [6.07, 6.45) is 11.4. The third kappa shape index (κ3) is 3.54. The van der Waals surface area contributed by atoms with Gasteiger partial charge in [-0.2, -0.15) is 5.10 Å². The fourth-order valence-electron chi connectivity index (χ4n) is 4.13.